The van der Waals surface area contributed by atoms with Gasteiger partial charge < -0.3 is 15.0 Å². The molecular formula is C12H17ClN2O2. The van der Waals surface area contributed by atoms with Crippen LogP contribution in [0.4, 0.5) is 5.69 Å². The number of benzene rings is 1. The lowest BCUT2D eigenvalue weighted by molar-refractivity contribution is -0.118. The van der Waals surface area contributed by atoms with Gasteiger partial charge in [0.05, 0.1) is 12.1 Å². The molecule has 0 radical (unpaired) electrons. The van der Waals surface area contributed by atoms with E-state index in [1.165, 1.54) is 0 Å². The Morgan fingerprint density at radius 2 is 2.24 bits per heavy atom. The zero-order chi connectivity index (χ0) is 12.8. The highest BCUT2D eigenvalue weighted by Gasteiger charge is 2.11. The maximum Gasteiger partial charge on any atom is 0.227 e. The van der Waals surface area contributed by atoms with Crippen molar-refractivity contribution in [3.8, 4) is 5.75 Å². The molecule has 0 unspecified atom stereocenters. The van der Waals surface area contributed by atoms with Gasteiger partial charge in [-0.3, -0.25) is 4.79 Å². The topological polar surface area (TPSA) is 41.6 Å². The number of nitrogens with one attached hydrogen (secondary N) is 1. The second-order valence-corrected chi connectivity index (χ2v) is 4.03. The Bertz CT molecular complexity index is 396. The standard InChI is InChI=1S/C12H17ClN2O2/c1-14-7-6-12(16)15(2)9-4-5-11(17-3)10(13)8-9/h4-5,8,14H,6-7H2,1-3H3. The number of carbonyl (C=O) groups excluding carboxylic acids is 1. The highest BCUT2D eigenvalue weighted by Crippen LogP contribution is 2.28. The largest absolute Gasteiger partial charge is 0.495 e. The number of methoxy groups -OCH3 is 1. The molecule has 1 N–H and O–H groups in total. The van der Waals surface area contributed by atoms with Gasteiger partial charge in [-0.05, 0) is 25.2 Å². The van der Waals surface area contributed by atoms with E-state index in [0.29, 0.717) is 23.7 Å². The third-order valence-corrected chi connectivity index (χ3v) is 2.78. The van der Waals surface area contributed by atoms with E-state index in [9.17, 15) is 4.79 Å². The Hall–Kier alpha value is -1.26. The molecule has 0 aliphatic rings. The summed E-state index contributed by atoms with van der Waals surface area (Å²) in [4.78, 5) is 13.4. The fourth-order valence-corrected chi connectivity index (χ4v) is 1.66. The lowest BCUT2D eigenvalue weighted by atomic mass is 10.2. The Kier molecular flexibility index (Phi) is 5.25. The Labute approximate surface area is 107 Å². The highest BCUT2D eigenvalue weighted by atomic mass is 35.5. The summed E-state index contributed by atoms with van der Waals surface area (Å²) in [6, 6.07) is 5.28. The quantitative estimate of drug-likeness (QED) is 0.875. The van der Waals surface area contributed by atoms with Gasteiger partial charge in [-0.2, -0.15) is 0 Å². The van der Waals surface area contributed by atoms with Crippen molar-refractivity contribution in [2.75, 3.05) is 32.6 Å². The third kappa shape index (κ3) is 3.61. The van der Waals surface area contributed by atoms with Crippen LogP contribution in [0.1, 0.15) is 6.42 Å². The van der Waals surface area contributed by atoms with Gasteiger partial charge in [-0.1, -0.05) is 11.6 Å². The Morgan fingerprint density at radius 1 is 1.53 bits per heavy atom. The number of hydrogen-bond acceptors (Lipinski definition) is 3. The van der Waals surface area contributed by atoms with E-state index in [2.05, 4.69) is 5.32 Å². The molecular weight excluding hydrogens is 240 g/mol. The third-order valence-electron chi connectivity index (χ3n) is 2.49. The molecule has 5 heteroatoms. The number of nitrogens with zero attached hydrogens (tertiary/aromatic N) is 1. The molecule has 0 aromatic heterocycles. The summed E-state index contributed by atoms with van der Waals surface area (Å²) < 4.78 is 5.06. The van der Waals surface area contributed by atoms with Crippen molar-refractivity contribution in [1.82, 2.24) is 5.32 Å². The second-order valence-electron chi connectivity index (χ2n) is 3.63. The molecule has 0 aliphatic heterocycles. The summed E-state index contributed by atoms with van der Waals surface area (Å²) in [6.45, 7) is 0.660. The highest BCUT2D eigenvalue weighted by molar-refractivity contribution is 6.32. The Morgan fingerprint density at radius 3 is 2.76 bits per heavy atom. The van der Waals surface area contributed by atoms with Gasteiger partial charge in [0.1, 0.15) is 5.75 Å². The first-order valence-electron chi connectivity index (χ1n) is 5.35. The minimum atomic E-state index is 0.0422. The van der Waals surface area contributed by atoms with Crippen LogP contribution in [-0.4, -0.2) is 33.7 Å². The molecule has 0 saturated carbocycles. The van der Waals surface area contributed by atoms with Crippen molar-refractivity contribution in [2.45, 2.75) is 6.42 Å². The van der Waals surface area contributed by atoms with Crippen molar-refractivity contribution in [3.63, 3.8) is 0 Å². The molecule has 0 aliphatic carbocycles. The normalized spacial score (nSPS) is 10.1. The molecule has 0 atom stereocenters. The number of ether oxygens (including phenoxy) is 1. The summed E-state index contributed by atoms with van der Waals surface area (Å²) in [7, 11) is 5.11. The molecule has 1 rings (SSSR count). The van der Waals surface area contributed by atoms with Crippen molar-refractivity contribution in [3.05, 3.63) is 23.2 Å². The smallest absolute Gasteiger partial charge is 0.227 e. The van der Waals surface area contributed by atoms with E-state index in [-0.39, 0.29) is 5.91 Å². The molecule has 17 heavy (non-hydrogen) atoms. The maximum atomic E-state index is 11.8. The van der Waals surface area contributed by atoms with Gasteiger partial charge in [0.2, 0.25) is 5.91 Å². The molecule has 4 nitrogen and oxygen atoms in total. The van der Waals surface area contributed by atoms with Crippen molar-refractivity contribution < 1.29 is 9.53 Å². The van der Waals surface area contributed by atoms with Crippen LogP contribution < -0.4 is 15.0 Å². The predicted octanol–water partition coefficient (Wildman–Crippen LogP) is 1.92. The van der Waals surface area contributed by atoms with Crippen LogP contribution in [0.15, 0.2) is 18.2 Å². The SMILES string of the molecule is CNCCC(=O)N(C)c1ccc(OC)c(Cl)c1. The van der Waals surface area contributed by atoms with Crippen molar-refractivity contribution in [1.29, 1.82) is 0 Å². The van der Waals surface area contributed by atoms with E-state index in [1.807, 2.05) is 13.1 Å². The van der Waals surface area contributed by atoms with E-state index in [1.54, 1.807) is 31.2 Å². The fourth-order valence-electron chi connectivity index (χ4n) is 1.41. The van der Waals surface area contributed by atoms with Gasteiger partial charge >= 0.3 is 0 Å². The maximum absolute atomic E-state index is 11.8. The van der Waals surface area contributed by atoms with E-state index in [0.717, 1.165) is 5.69 Å². The lowest BCUT2D eigenvalue weighted by Crippen LogP contribution is -2.28. The zero-order valence-corrected chi connectivity index (χ0v) is 11.0. The van der Waals surface area contributed by atoms with Gasteiger partial charge in [0.15, 0.2) is 0 Å². The summed E-state index contributed by atoms with van der Waals surface area (Å²) in [5, 5.41) is 3.44. The van der Waals surface area contributed by atoms with Gasteiger partial charge in [0.25, 0.3) is 0 Å². The number of carbonyl (C=O) groups is 1. The molecule has 94 valence electrons. The van der Waals surface area contributed by atoms with Crippen molar-refractivity contribution >= 4 is 23.2 Å². The van der Waals surface area contributed by atoms with Crippen LogP contribution in [0.2, 0.25) is 5.02 Å². The number of anilines is 1. The van der Waals surface area contributed by atoms with Crippen LogP contribution in [-0.2, 0) is 4.79 Å². The van der Waals surface area contributed by atoms with E-state index >= 15 is 0 Å². The minimum absolute atomic E-state index is 0.0422. The van der Waals surface area contributed by atoms with Gasteiger partial charge in [0, 0.05) is 25.7 Å². The van der Waals surface area contributed by atoms with Gasteiger partial charge in [-0.25, -0.2) is 0 Å². The van der Waals surface area contributed by atoms with E-state index < -0.39 is 0 Å². The predicted molar refractivity (Wildman–Crippen MR) is 70.0 cm³/mol. The van der Waals surface area contributed by atoms with Crippen LogP contribution in [0.3, 0.4) is 0 Å². The fraction of sp³-hybridized carbons (Fsp3) is 0.417. The summed E-state index contributed by atoms with van der Waals surface area (Å²) in [5.41, 5.74) is 0.761. The number of halogens is 1. The number of amides is 1. The average molecular weight is 257 g/mol. The zero-order valence-electron chi connectivity index (χ0n) is 10.3. The summed E-state index contributed by atoms with van der Waals surface area (Å²) >= 11 is 6.01. The average Bonchev–Trinajstić information content (AvgIpc) is 2.34. The molecule has 0 bridgehead atoms. The molecule has 1 aromatic rings. The summed E-state index contributed by atoms with van der Waals surface area (Å²) in [5.74, 6) is 0.645. The summed E-state index contributed by atoms with van der Waals surface area (Å²) in [6.07, 6.45) is 0.455. The van der Waals surface area contributed by atoms with Crippen LogP contribution in [0, 0.1) is 0 Å². The minimum Gasteiger partial charge on any atom is -0.495 e. The second kappa shape index (κ2) is 6.47. The molecule has 0 fully saturated rings. The molecule has 0 heterocycles. The van der Waals surface area contributed by atoms with Crippen LogP contribution in [0.5, 0.6) is 5.75 Å². The van der Waals surface area contributed by atoms with Crippen LogP contribution in [0.25, 0.3) is 0 Å². The Balaban J connectivity index is 2.78. The number of hydrogen-bond donors (Lipinski definition) is 1. The monoisotopic (exact) mass is 256 g/mol. The first-order chi connectivity index (χ1) is 8.10. The first-order valence-corrected chi connectivity index (χ1v) is 5.72. The lowest BCUT2D eigenvalue weighted by Gasteiger charge is -2.18. The van der Waals surface area contributed by atoms with Gasteiger partial charge in [-0.15, -0.1) is 0 Å². The van der Waals surface area contributed by atoms with Crippen molar-refractivity contribution in [2.24, 2.45) is 0 Å². The van der Waals surface area contributed by atoms with E-state index in [4.69, 9.17) is 16.3 Å². The van der Waals surface area contributed by atoms with Crippen LogP contribution >= 0.6 is 11.6 Å². The number of rotatable bonds is 5. The molecule has 0 spiro atoms. The first kappa shape index (κ1) is 13.8. The molecule has 1 aromatic carbocycles. The molecule has 1 amide bonds. The molecule has 0 saturated heterocycles.